The molecular formula is C18H20N2O4. The molecule has 0 radical (unpaired) electrons. The molecule has 2 aromatic rings. The number of anilines is 1. The number of furan rings is 1. The molecule has 0 bridgehead atoms. The van der Waals surface area contributed by atoms with E-state index in [-0.39, 0.29) is 17.6 Å². The van der Waals surface area contributed by atoms with Gasteiger partial charge >= 0.3 is 0 Å². The van der Waals surface area contributed by atoms with E-state index < -0.39 is 0 Å². The lowest BCUT2D eigenvalue weighted by atomic mass is 10.2. The molecule has 0 atom stereocenters. The Bertz CT molecular complexity index is 759. The number of allylic oxidation sites excluding steroid dienone is 1. The van der Waals surface area contributed by atoms with Crippen LogP contribution < -0.4 is 5.32 Å². The summed E-state index contributed by atoms with van der Waals surface area (Å²) >= 11 is 0. The van der Waals surface area contributed by atoms with Crippen LogP contribution in [0, 0.1) is 0 Å². The van der Waals surface area contributed by atoms with Crippen molar-refractivity contribution in [1.82, 2.24) is 4.90 Å². The number of hydrogen-bond donors (Lipinski definition) is 1. The monoisotopic (exact) mass is 328 g/mol. The van der Waals surface area contributed by atoms with Crippen LogP contribution in [-0.2, 0) is 9.53 Å². The van der Waals surface area contributed by atoms with Gasteiger partial charge in [-0.1, -0.05) is 18.2 Å². The van der Waals surface area contributed by atoms with Crippen molar-refractivity contribution in [2.45, 2.75) is 12.8 Å². The van der Waals surface area contributed by atoms with Crippen LogP contribution in [0.4, 0.5) is 5.69 Å². The molecule has 0 saturated carbocycles. The third kappa shape index (κ3) is 3.33. The fourth-order valence-electron chi connectivity index (χ4n) is 2.67. The Labute approximate surface area is 140 Å². The second-order valence-electron chi connectivity index (χ2n) is 5.58. The predicted molar refractivity (Wildman–Crippen MR) is 91.0 cm³/mol. The minimum atomic E-state index is -0.228. The van der Waals surface area contributed by atoms with Crippen molar-refractivity contribution in [1.29, 1.82) is 0 Å². The number of hydrogen-bond acceptors (Lipinski definition) is 4. The van der Waals surface area contributed by atoms with E-state index in [4.69, 9.17) is 9.15 Å². The zero-order chi connectivity index (χ0) is 16.9. The van der Waals surface area contributed by atoms with E-state index in [1.165, 1.54) is 0 Å². The maximum Gasteiger partial charge on any atom is 0.291 e. The molecule has 6 heteroatoms. The van der Waals surface area contributed by atoms with Crippen LogP contribution >= 0.6 is 0 Å². The molecule has 1 saturated heterocycles. The first-order chi connectivity index (χ1) is 11.7. The number of para-hydroxylation sites is 1. The molecule has 24 heavy (non-hydrogen) atoms. The lowest BCUT2D eigenvalue weighted by Crippen LogP contribution is -2.40. The third-order valence-electron chi connectivity index (χ3n) is 3.93. The number of carbonyl (C=O) groups excluding carboxylic acids is 2. The standard InChI is InChI=1S/C18H20N2O4/c1-2-3-8-15(21)19-16-13-6-4-5-7-14(13)24-17(16)18(22)20-9-11-23-12-10-20/h2,4-7H,1,3,8-12H2,(H,19,21). The second-order valence-corrected chi connectivity index (χ2v) is 5.58. The fourth-order valence-corrected chi connectivity index (χ4v) is 2.67. The number of ether oxygens (including phenoxy) is 1. The number of nitrogens with one attached hydrogen (secondary N) is 1. The highest BCUT2D eigenvalue weighted by atomic mass is 16.5. The summed E-state index contributed by atoms with van der Waals surface area (Å²) in [5.74, 6) is -0.226. The van der Waals surface area contributed by atoms with Crippen molar-refractivity contribution in [3.05, 3.63) is 42.7 Å². The van der Waals surface area contributed by atoms with Crippen LogP contribution in [0.1, 0.15) is 23.4 Å². The minimum Gasteiger partial charge on any atom is -0.449 e. The molecule has 126 valence electrons. The summed E-state index contributed by atoms with van der Waals surface area (Å²) in [6.45, 7) is 5.66. The van der Waals surface area contributed by atoms with E-state index in [1.54, 1.807) is 17.0 Å². The summed E-state index contributed by atoms with van der Waals surface area (Å²) in [4.78, 5) is 26.6. The topological polar surface area (TPSA) is 71.8 Å². The summed E-state index contributed by atoms with van der Waals surface area (Å²) in [6, 6.07) is 7.29. The quantitative estimate of drug-likeness (QED) is 0.857. The SMILES string of the molecule is C=CCCC(=O)Nc1c(C(=O)N2CCOCC2)oc2ccccc12. The molecule has 1 aromatic heterocycles. The van der Waals surface area contributed by atoms with Gasteiger partial charge in [-0.05, 0) is 18.6 Å². The second kappa shape index (κ2) is 7.31. The maximum absolute atomic E-state index is 12.8. The van der Waals surface area contributed by atoms with Gasteiger partial charge in [0, 0.05) is 24.9 Å². The highest BCUT2D eigenvalue weighted by Crippen LogP contribution is 2.32. The lowest BCUT2D eigenvalue weighted by Gasteiger charge is -2.26. The van der Waals surface area contributed by atoms with E-state index in [2.05, 4.69) is 11.9 Å². The van der Waals surface area contributed by atoms with Gasteiger partial charge in [-0.2, -0.15) is 0 Å². The third-order valence-corrected chi connectivity index (χ3v) is 3.93. The van der Waals surface area contributed by atoms with Crippen LogP contribution in [0.15, 0.2) is 41.3 Å². The van der Waals surface area contributed by atoms with Gasteiger partial charge in [-0.25, -0.2) is 0 Å². The van der Waals surface area contributed by atoms with Crippen molar-refractivity contribution < 1.29 is 18.7 Å². The van der Waals surface area contributed by atoms with Crippen molar-refractivity contribution >= 4 is 28.5 Å². The molecule has 1 aliphatic heterocycles. The van der Waals surface area contributed by atoms with Crippen LogP contribution in [0.2, 0.25) is 0 Å². The van der Waals surface area contributed by atoms with E-state index >= 15 is 0 Å². The zero-order valence-electron chi connectivity index (χ0n) is 13.4. The van der Waals surface area contributed by atoms with E-state index in [9.17, 15) is 9.59 Å². The summed E-state index contributed by atoms with van der Waals surface area (Å²) in [5.41, 5.74) is 1.02. The van der Waals surface area contributed by atoms with Gasteiger partial charge < -0.3 is 19.4 Å². The largest absolute Gasteiger partial charge is 0.449 e. The van der Waals surface area contributed by atoms with Gasteiger partial charge in [0.2, 0.25) is 11.7 Å². The Balaban J connectivity index is 1.93. The number of nitrogens with zero attached hydrogens (tertiary/aromatic N) is 1. The zero-order valence-corrected chi connectivity index (χ0v) is 13.4. The molecule has 2 heterocycles. The molecule has 3 rings (SSSR count). The first-order valence-electron chi connectivity index (χ1n) is 8.00. The van der Waals surface area contributed by atoms with Gasteiger partial charge in [0.25, 0.3) is 5.91 Å². The molecular weight excluding hydrogens is 308 g/mol. The highest BCUT2D eigenvalue weighted by Gasteiger charge is 2.27. The Morgan fingerprint density at radius 3 is 2.75 bits per heavy atom. The normalized spacial score (nSPS) is 14.6. The summed E-state index contributed by atoms with van der Waals surface area (Å²) in [6.07, 6.45) is 2.58. The number of fused-ring (bicyclic) bond motifs is 1. The number of carbonyl (C=O) groups is 2. The first kappa shape index (κ1) is 16.3. The average Bonchev–Trinajstić information content (AvgIpc) is 2.98. The molecule has 1 aliphatic rings. The van der Waals surface area contributed by atoms with Crippen molar-refractivity contribution in [2.24, 2.45) is 0 Å². The molecule has 0 spiro atoms. The van der Waals surface area contributed by atoms with Crippen molar-refractivity contribution in [2.75, 3.05) is 31.6 Å². The fraction of sp³-hybridized carbons (Fsp3) is 0.333. The van der Waals surface area contributed by atoms with Gasteiger partial charge in [0.05, 0.1) is 13.2 Å². The van der Waals surface area contributed by atoms with E-state index in [0.29, 0.717) is 50.4 Å². The van der Waals surface area contributed by atoms with Crippen LogP contribution in [0.5, 0.6) is 0 Å². The molecule has 1 N–H and O–H groups in total. The Hall–Kier alpha value is -2.60. The van der Waals surface area contributed by atoms with Gasteiger partial charge in [-0.15, -0.1) is 6.58 Å². The lowest BCUT2D eigenvalue weighted by molar-refractivity contribution is -0.116. The Kier molecular flexibility index (Phi) is 4.96. The van der Waals surface area contributed by atoms with Crippen molar-refractivity contribution in [3.63, 3.8) is 0 Å². The Morgan fingerprint density at radius 1 is 1.25 bits per heavy atom. The first-order valence-corrected chi connectivity index (χ1v) is 8.00. The van der Waals surface area contributed by atoms with Crippen LogP contribution in [0.25, 0.3) is 11.0 Å². The summed E-state index contributed by atoms with van der Waals surface area (Å²) < 4.78 is 11.0. The molecule has 0 aliphatic carbocycles. The molecule has 0 unspecified atom stereocenters. The Morgan fingerprint density at radius 2 is 2.00 bits per heavy atom. The average molecular weight is 328 g/mol. The highest BCUT2D eigenvalue weighted by molar-refractivity contribution is 6.10. The van der Waals surface area contributed by atoms with E-state index in [0.717, 1.165) is 5.39 Å². The number of morpholine rings is 1. The number of amides is 2. The van der Waals surface area contributed by atoms with Gasteiger partial charge in [0.1, 0.15) is 11.3 Å². The summed E-state index contributed by atoms with van der Waals surface area (Å²) in [5, 5.41) is 3.55. The minimum absolute atomic E-state index is 0.169. The smallest absolute Gasteiger partial charge is 0.291 e. The van der Waals surface area contributed by atoms with E-state index in [1.807, 2.05) is 18.2 Å². The molecule has 1 fully saturated rings. The molecule has 2 amide bonds. The number of benzene rings is 1. The van der Waals surface area contributed by atoms with Crippen molar-refractivity contribution in [3.8, 4) is 0 Å². The molecule has 1 aromatic carbocycles. The number of rotatable bonds is 5. The van der Waals surface area contributed by atoms with Crippen LogP contribution in [-0.4, -0.2) is 43.0 Å². The maximum atomic E-state index is 12.8. The van der Waals surface area contributed by atoms with Crippen LogP contribution in [0.3, 0.4) is 0 Å². The predicted octanol–water partition coefficient (Wildman–Crippen LogP) is 2.81. The van der Waals surface area contributed by atoms with Gasteiger partial charge in [-0.3, -0.25) is 9.59 Å². The van der Waals surface area contributed by atoms with Gasteiger partial charge in [0.15, 0.2) is 0 Å². The summed E-state index contributed by atoms with van der Waals surface area (Å²) in [7, 11) is 0. The molecule has 6 nitrogen and oxygen atoms in total.